The fourth-order valence-corrected chi connectivity index (χ4v) is 1.98. The third-order valence-corrected chi connectivity index (χ3v) is 2.89. The van der Waals surface area contributed by atoms with Crippen LogP contribution in [-0.2, 0) is 0 Å². The predicted octanol–water partition coefficient (Wildman–Crippen LogP) is 2.83. The number of nitrogens with zero attached hydrogens (tertiary/aromatic N) is 1. The van der Waals surface area contributed by atoms with E-state index < -0.39 is 5.97 Å². The molecule has 5 nitrogen and oxygen atoms in total. The van der Waals surface area contributed by atoms with E-state index in [-0.39, 0.29) is 5.69 Å². The van der Waals surface area contributed by atoms with Crippen LogP contribution in [-0.4, -0.2) is 21.3 Å². The van der Waals surface area contributed by atoms with Crippen LogP contribution >= 0.6 is 0 Å². The van der Waals surface area contributed by atoms with Crippen LogP contribution in [0.3, 0.4) is 0 Å². The van der Waals surface area contributed by atoms with E-state index in [0.717, 1.165) is 16.5 Å². The van der Waals surface area contributed by atoms with Gasteiger partial charge in [0.1, 0.15) is 11.3 Å². The Labute approximate surface area is 102 Å². The summed E-state index contributed by atoms with van der Waals surface area (Å²) in [6.45, 7) is 1.93. The van der Waals surface area contributed by atoms with Crippen molar-refractivity contribution in [1.82, 2.24) is 10.2 Å². The number of fused-ring (bicyclic) bond motifs is 1. The third-order valence-electron chi connectivity index (χ3n) is 2.89. The highest BCUT2D eigenvalue weighted by Gasteiger charge is 2.16. The lowest BCUT2D eigenvalue weighted by Gasteiger charge is -1.91. The molecular formula is C13H10N2O3. The van der Waals surface area contributed by atoms with Crippen LogP contribution in [0.2, 0.25) is 0 Å². The average Bonchev–Trinajstić information content (AvgIpc) is 2.95. The van der Waals surface area contributed by atoms with Gasteiger partial charge in [-0.15, -0.1) is 0 Å². The topological polar surface area (TPSA) is 79.1 Å². The first-order chi connectivity index (χ1) is 8.66. The molecule has 0 unspecified atom stereocenters. The number of carboxylic acids is 1. The number of para-hydroxylation sites is 1. The van der Waals surface area contributed by atoms with Gasteiger partial charge in [0.05, 0.1) is 0 Å². The molecule has 0 spiro atoms. The van der Waals surface area contributed by atoms with E-state index in [2.05, 4.69) is 10.2 Å². The quantitative estimate of drug-likeness (QED) is 0.724. The summed E-state index contributed by atoms with van der Waals surface area (Å²) in [6, 6.07) is 9.13. The Balaban J connectivity index is 2.18. The summed E-state index contributed by atoms with van der Waals surface area (Å²) in [7, 11) is 0. The number of rotatable bonds is 2. The molecule has 0 aliphatic carbocycles. The number of hydrogen-bond acceptors (Lipinski definition) is 3. The van der Waals surface area contributed by atoms with Gasteiger partial charge >= 0.3 is 5.97 Å². The number of hydrogen-bond donors (Lipinski definition) is 2. The van der Waals surface area contributed by atoms with E-state index in [9.17, 15) is 4.79 Å². The maximum absolute atomic E-state index is 10.8. The second-order valence-electron chi connectivity index (χ2n) is 4.02. The maximum Gasteiger partial charge on any atom is 0.356 e. The Morgan fingerprint density at radius 2 is 2.17 bits per heavy atom. The number of aromatic carboxylic acids is 1. The summed E-state index contributed by atoms with van der Waals surface area (Å²) in [5.41, 5.74) is 2.29. The first-order valence-corrected chi connectivity index (χ1v) is 5.44. The molecule has 0 aliphatic heterocycles. The van der Waals surface area contributed by atoms with Gasteiger partial charge in [0.15, 0.2) is 11.5 Å². The molecule has 18 heavy (non-hydrogen) atoms. The lowest BCUT2D eigenvalue weighted by atomic mass is 10.1. The van der Waals surface area contributed by atoms with Crippen LogP contribution in [0, 0.1) is 6.92 Å². The highest BCUT2D eigenvalue weighted by Crippen LogP contribution is 2.31. The molecule has 0 aliphatic rings. The third kappa shape index (κ3) is 1.48. The van der Waals surface area contributed by atoms with E-state index >= 15 is 0 Å². The van der Waals surface area contributed by atoms with Gasteiger partial charge in [-0.3, -0.25) is 5.10 Å². The summed E-state index contributed by atoms with van der Waals surface area (Å²) in [6.07, 6.45) is 0. The molecule has 0 fully saturated rings. The van der Waals surface area contributed by atoms with Crippen molar-refractivity contribution < 1.29 is 14.3 Å². The fraction of sp³-hybridized carbons (Fsp3) is 0.0769. The summed E-state index contributed by atoms with van der Waals surface area (Å²) in [5.74, 6) is -0.442. The molecule has 0 saturated carbocycles. The Bertz CT molecular complexity index is 740. The maximum atomic E-state index is 10.8. The molecule has 0 bridgehead atoms. The molecule has 2 N–H and O–H groups in total. The normalized spacial score (nSPS) is 10.9. The monoisotopic (exact) mass is 242 g/mol. The highest BCUT2D eigenvalue weighted by atomic mass is 16.4. The van der Waals surface area contributed by atoms with Crippen molar-refractivity contribution in [2.24, 2.45) is 0 Å². The Morgan fingerprint density at radius 3 is 2.83 bits per heavy atom. The number of furan rings is 1. The van der Waals surface area contributed by atoms with Crippen molar-refractivity contribution in [2.75, 3.05) is 0 Å². The van der Waals surface area contributed by atoms with Gasteiger partial charge in [-0.2, -0.15) is 5.10 Å². The highest BCUT2D eigenvalue weighted by molar-refractivity contribution is 5.89. The minimum atomic E-state index is -1.06. The van der Waals surface area contributed by atoms with Gasteiger partial charge in [-0.1, -0.05) is 18.2 Å². The number of carbonyl (C=O) groups is 1. The van der Waals surface area contributed by atoms with Gasteiger partial charge in [-0.25, -0.2) is 4.79 Å². The van der Waals surface area contributed by atoms with Crippen molar-refractivity contribution in [3.63, 3.8) is 0 Å². The molecular weight excluding hydrogens is 232 g/mol. The average molecular weight is 242 g/mol. The van der Waals surface area contributed by atoms with E-state index in [1.54, 1.807) is 0 Å². The van der Waals surface area contributed by atoms with Crippen molar-refractivity contribution in [3.05, 3.63) is 41.6 Å². The largest absolute Gasteiger partial charge is 0.476 e. The first kappa shape index (κ1) is 10.6. The van der Waals surface area contributed by atoms with Crippen molar-refractivity contribution in [3.8, 4) is 11.5 Å². The zero-order valence-electron chi connectivity index (χ0n) is 9.60. The molecule has 3 aromatic rings. The van der Waals surface area contributed by atoms with Gasteiger partial charge in [0, 0.05) is 17.0 Å². The summed E-state index contributed by atoms with van der Waals surface area (Å²) in [5, 5.41) is 16.3. The number of H-pyrrole nitrogens is 1. The molecule has 0 atom stereocenters. The molecule has 0 amide bonds. The van der Waals surface area contributed by atoms with Gasteiger partial charge in [0.25, 0.3) is 0 Å². The summed E-state index contributed by atoms with van der Waals surface area (Å²) in [4.78, 5) is 10.8. The number of carboxylic acid groups (broad SMARTS) is 1. The molecule has 90 valence electrons. The Hall–Kier alpha value is -2.56. The number of nitrogens with one attached hydrogen (secondary N) is 1. The lowest BCUT2D eigenvalue weighted by molar-refractivity contribution is 0.0690. The smallest absolute Gasteiger partial charge is 0.356 e. The van der Waals surface area contributed by atoms with Gasteiger partial charge in [0.2, 0.25) is 0 Å². The minimum Gasteiger partial charge on any atom is -0.476 e. The molecule has 2 heterocycles. The van der Waals surface area contributed by atoms with Crippen molar-refractivity contribution in [2.45, 2.75) is 6.92 Å². The molecule has 1 aromatic carbocycles. The van der Waals surface area contributed by atoms with E-state index in [1.165, 1.54) is 6.07 Å². The molecule has 0 radical (unpaired) electrons. The van der Waals surface area contributed by atoms with E-state index in [0.29, 0.717) is 11.5 Å². The van der Waals surface area contributed by atoms with Crippen molar-refractivity contribution >= 4 is 16.9 Å². The Morgan fingerprint density at radius 1 is 1.39 bits per heavy atom. The van der Waals surface area contributed by atoms with Crippen LogP contribution in [0.25, 0.3) is 22.4 Å². The Kier molecular flexibility index (Phi) is 2.19. The SMILES string of the molecule is Cc1c(-c2cc(C(=O)O)n[nH]2)oc2ccccc12. The molecule has 0 saturated heterocycles. The van der Waals surface area contributed by atoms with Crippen LogP contribution in [0.15, 0.2) is 34.7 Å². The van der Waals surface area contributed by atoms with Gasteiger partial charge in [-0.05, 0) is 13.0 Å². The number of aromatic amines is 1. The molecule has 2 aromatic heterocycles. The molecule has 3 rings (SSSR count). The predicted molar refractivity (Wildman–Crippen MR) is 65.5 cm³/mol. The minimum absolute atomic E-state index is 0.0233. The van der Waals surface area contributed by atoms with Crippen LogP contribution in [0.1, 0.15) is 16.1 Å². The lowest BCUT2D eigenvalue weighted by Crippen LogP contribution is -1.95. The van der Waals surface area contributed by atoms with Crippen LogP contribution in [0.4, 0.5) is 0 Å². The van der Waals surface area contributed by atoms with E-state index in [4.69, 9.17) is 9.52 Å². The standard InChI is InChI=1S/C13H10N2O3/c1-7-8-4-2-3-5-11(8)18-12(7)9-6-10(13(16)17)15-14-9/h2-6H,1H3,(H,14,15)(H,16,17). The van der Waals surface area contributed by atoms with Crippen molar-refractivity contribution in [1.29, 1.82) is 0 Å². The van der Waals surface area contributed by atoms with Crippen LogP contribution in [0.5, 0.6) is 0 Å². The zero-order chi connectivity index (χ0) is 12.7. The number of aryl methyl sites for hydroxylation is 1. The number of benzene rings is 1. The summed E-state index contributed by atoms with van der Waals surface area (Å²) >= 11 is 0. The van der Waals surface area contributed by atoms with Crippen LogP contribution < -0.4 is 0 Å². The first-order valence-electron chi connectivity index (χ1n) is 5.44. The summed E-state index contributed by atoms with van der Waals surface area (Å²) < 4.78 is 5.71. The molecule has 5 heteroatoms. The number of aromatic nitrogens is 2. The van der Waals surface area contributed by atoms with Gasteiger partial charge < -0.3 is 9.52 Å². The second-order valence-corrected chi connectivity index (χ2v) is 4.02. The van der Waals surface area contributed by atoms with E-state index in [1.807, 2.05) is 31.2 Å². The zero-order valence-corrected chi connectivity index (χ0v) is 9.60. The fourth-order valence-electron chi connectivity index (χ4n) is 1.98. The second kappa shape index (κ2) is 3.73.